The molecule has 0 radical (unpaired) electrons. The SMILES string of the molecule is CCOC(=O)c1cnc2c(c(C)nn2C)c1N1CC(c2ccc(OC)cc2)CC1C. The Bertz CT molecular complexity index is 1070. The summed E-state index contributed by atoms with van der Waals surface area (Å²) in [7, 11) is 3.56. The van der Waals surface area contributed by atoms with Crippen molar-refractivity contribution in [2.24, 2.45) is 7.05 Å². The molecule has 2 unspecified atom stereocenters. The normalized spacial score (nSPS) is 18.8. The van der Waals surface area contributed by atoms with Crippen molar-refractivity contribution in [3.63, 3.8) is 0 Å². The molecule has 0 amide bonds. The molecule has 158 valence electrons. The first-order valence-corrected chi connectivity index (χ1v) is 10.3. The van der Waals surface area contributed by atoms with Crippen LogP contribution in [0, 0.1) is 6.92 Å². The van der Waals surface area contributed by atoms with Crippen molar-refractivity contribution in [2.45, 2.75) is 39.2 Å². The van der Waals surface area contributed by atoms with Crippen molar-refractivity contribution in [1.29, 1.82) is 0 Å². The molecule has 0 N–H and O–H groups in total. The second-order valence-corrected chi connectivity index (χ2v) is 7.86. The van der Waals surface area contributed by atoms with E-state index >= 15 is 0 Å². The monoisotopic (exact) mass is 408 g/mol. The lowest BCUT2D eigenvalue weighted by Crippen LogP contribution is -2.29. The van der Waals surface area contributed by atoms with Gasteiger partial charge in [-0.25, -0.2) is 9.78 Å². The summed E-state index contributed by atoms with van der Waals surface area (Å²) >= 11 is 0. The van der Waals surface area contributed by atoms with Crippen molar-refractivity contribution in [2.75, 3.05) is 25.2 Å². The van der Waals surface area contributed by atoms with E-state index in [1.165, 1.54) is 5.56 Å². The Hall–Kier alpha value is -3.09. The van der Waals surface area contributed by atoms with Crippen LogP contribution in [0.15, 0.2) is 30.5 Å². The summed E-state index contributed by atoms with van der Waals surface area (Å²) in [5.41, 5.74) is 4.29. The Morgan fingerprint density at radius 1 is 1.27 bits per heavy atom. The molecular formula is C23H28N4O3. The molecule has 3 heterocycles. The van der Waals surface area contributed by atoms with E-state index in [1.807, 2.05) is 33.0 Å². The summed E-state index contributed by atoms with van der Waals surface area (Å²) < 4.78 is 12.4. The fraction of sp³-hybridized carbons (Fsp3) is 0.435. The number of carbonyl (C=O) groups is 1. The van der Waals surface area contributed by atoms with Crippen LogP contribution in [0.2, 0.25) is 0 Å². The van der Waals surface area contributed by atoms with Crippen molar-refractivity contribution >= 4 is 22.7 Å². The van der Waals surface area contributed by atoms with Crippen molar-refractivity contribution in [3.05, 3.63) is 47.3 Å². The van der Waals surface area contributed by atoms with E-state index in [0.29, 0.717) is 18.1 Å². The first-order chi connectivity index (χ1) is 14.4. The van der Waals surface area contributed by atoms with Crippen LogP contribution in [-0.2, 0) is 11.8 Å². The minimum atomic E-state index is -0.342. The van der Waals surface area contributed by atoms with Crippen LogP contribution in [0.5, 0.6) is 5.75 Å². The van der Waals surface area contributed by atoms with Gasteiger partial charge in [0.25, 0.3) is 0 Å². The summed E-state index contributed by atoms with van der Waals surface area (Å²) in [4.78, 5) is 19.6. The van der Waals surface area contributed by atoms with Crippen molar-refractivity contribution in [3.8, 4) is 5.75 Å². The Morgan fingerprint density at radius 2 is 2.00 bits per heavy atom. The molecule has 1 aromatic carbocycles. The summed E-state index contributed by atoms with van der Waals surface area (Å²) in [6.07, 6.45) is 2.63. The number of benzene rings is 1. The zero-order valence-corrected chi connectivity index (χ0v) is 18.2. The Labute approximate surface area is 176 Å². The van der Waals surface area contributed by atoms with E-state index in [-0.39, 0.29) is 12.0 Å². The van der Waals surface area contributed by atoms with Crippen LogP contribution in [0.3, 0.4) is 0 Å². The summed E-state index contributed by atoms with van der Waals surface area (Å²) in [5.74, 6) is 0.875. The topological polar surface area (TPSA) is 69.5 Å². The van der Waals surface area contributed by atoms with E-state index in [9.17, 15) is 4.79 Å². The van der Waals surface area contributed by atoms with Crippen LogP contribution in [0.4, 0.5) is 5.69 Å². The zero-order valence-electron chi connectivity index (χ0n) is 18.2. The molecule has 0 spiro atoms. The largest absolute Gasteiger partial charge is 0.497 e. The second kappa shape index (κ2) is 7.97. The van der Waals surface area contributed by atoms with Gasteiger partial charge in [-0.2, -0.15) is 5.10 Å². The minimum Gasteiger partial charge on any atom is -0.497 e. The number of rotatable bonds is 5. The molecule has 4 rings (SSSR count). The molecule has 0 bridgehead atoms. The minimum absolute atomic E-state index is 0.260. The summed E-state index contributed by atoms with van der Waals surface area (Å²) in [5, 5.41) is 5.47. The maximum atomic E-state index is 12.8. The average Bonchev–Trinajstić information content (AvgIpc) is 3.27. The number of fused-ring (bicyclic) bond motifs is 1. The number of aromatic nitrogens is 3. The second-order valence-electron chi connectivity index (χ2n) is 7.86. The molecule has 2 atom stereocenters. The van der Waals surface area contributed by atoms with Gasteiger partial charge in [-0.15, -0.1) is 0 Å². The van der Waals surface area contributed by atoms with E-state index < -0.39 is 0 Å². The number of ether oxygens (including phenoxy) is 2. The van der Waals surface area contributed by atoms with Crippen LogP contribution in [0.1, 0.15) is 47.8 Å². The highest BCUT2D eigenvalue weighted by molar-refractivity contribution is 6.05. The lowest BCUT2D eigenvalue weighted by Gasteiger charge is -2.27. The van der Waals surface area contributed by atoms with E-state index in [2.05, 4.69) is 34.0 Å². The van der Waals surface area contributed by atoms with Gasteiger partial charge in [0.15, 0.2) is 5.65 Å². The molecular weight excluding hydrogens is 380 g/mol. The third kappa shape index (κ3) is 3.38. The third-order valence-electron chi connectivity index (χ3n) is 5.94. The van der Waals surface area contributed by atoms with Gasteiger partial charge in [0.05, 0.1) is 30.5 Å². The van der Waals surface area contributed by atoms with Gasteiger partial charge < -0.3 is 14.4 Å². The number of hydrogen-bond acceptors (Lipinski definition) is 6. The average molecular weight is 409 g/mol. The highest BCUT2D eigenvalue weighted by atomic mass is 16.5. The molecule has 0 saturated carbocycles. The van der Waals surface area contributed by atoms with Crippen LogP contribution in [0.25, 0.3) is 11.0 Å². The number of pyridine rings is 1. The van der Waals surface area contributed by atoms with E-state index in [4.69, 9.17) is 9.47 Å². The Kier molecular flexibility index (Phi) is 5.37. The number of esters is 1. The zero-order chi connectivity index (χ0) is 21.4. The lowest BCUT2D eigenvalue weighted by molar-refractivity contribution is 0.0527. The predicted octanol–water partition coefficient (Wildman–Crippen LogP) is 3.84. The van der Waals surface area contributed by atoms with Gasteiger partial charge in [0.1, 0.15) is 11.3 Å². The number of hydrogen-bond donors (Lipinski definition) is 0. The number of aryl methyl sites for hydroxylation is 2. The Morgan fingerprint density at radius 3 is 2.67 bits per heavy atom. The maximum absolute atomic E-state index is 12.8. The molecule has 2 aromatic heterocycles. The predicted molar refractivity (Wildman–Crippen MR) is 116 cm³/mol. The highest BCUT2D eigenvalue weighted by Gasteiger charge is 2.35. The molecule has 7 heteroatoms. The van der Waals surface area contributed by atoms with Gasteiger partial charge in [-0.1, -0.05) is 12.1 Å². The molecule has 1 fully saturated rings. The number of methoxy groups -OCH3 is 1. The molecule has 30 heavy (non-hydrogen) atoms. The van der Waals surface area contributed by atoms with Crippen LogP contribution < -0.4 is 9.64 Å². The van der Waals surface area contributed by atoms with Crippen LogP contribution in [-0.4, -0.2) is 47.0 Å². The molecule has 0 aliphatic carbocycles. The molecule has 7 nitrogen and oxygen atoms in total. The first kappa shape index (κ1) is 20.2. The van der Waals surface area contributed by atoms with E-state index in [0.717, 1.165) is 41.1 Å². The highest BCUT2D eigenvalue weighted by Crippen LogP contribution is 2.41. The quantitative estimate of drug-likeness (QED) is 0.598. The number of anilines is 1. The van der Waals surface area contributed by atoms with Crippen LogP contribution >= 0.6 is 0 Å². The fourth-order valence-electron chi connectivity index (χ4n) is 4.51. The number of nitrogens with zero attached hydrogens (tertiary/aromatic N) is 4. The van der Waals surface area contributed by atoms with Crippen molar-refractivity contribution < 1.29 is 14.3 Å². The molecule has 1 saturated heterocycles. The third-order valence-corrected chi connectivity index (χ3v) is 5.94. The lowest BCUT2D eigenvalue weighted by atomic mass is 9.97. The molecule has 1 aliphatic rings. The van der Waals surface area contributed by atoms with Crippen molar-refractivity contribution in [1.82, 2.24) is 14.8 Å². The molecule has 1 aliphatic heterocycles. The summed E-state index contributed by atoms with van der Waals surface area (Å²) in [6.45, 7) is 7.12. The standard InChI is InChI=1S/C23H28N4O3/c1-6-30-23(28)19-12-24-22-20(15(3)25-26(22)4)21(19)27-13-17(11-14(27)2)16-7-9-18(29-5)10-8-16/h7-10,12,14,17H,6,11,13H2,1-5H3. The molecule has 3 aromatic rings. The number of carbonyl (C=O) groups excluding carboxylic acids is 1. The van der Waals surface area contributed by atoms with Gasteiger partial charge in [-0.05, 0) is 44.9 Å². The Balaban J connectivity index is 1.78. The first-order valence-electron chi connectivity index (χ1n) is 10.3. The maximum Gasteiger partial charge on any atom is 0.341 e. The van der Waals surface area contributed by atoms with E-state index in [1.54, 1.807) is 18.0 Å². The van der Waals surface area contributed by atoms with Gasteiger partial charge >= 0.3 is 5.97 Å². The smallest absolute Gasteiger partial charge is 0.341 e. The van der Waals surface area contributed by atoms with Gasteiger partial charge in [0, 0.05) is 31.7 Å². The summed E-state index contributed by atoms with van der Waals surface area (Å²) in [6, 6.07) is 8.52. The van der Waals surface area contributed by atoms with Gasteiger partial charge in [-0.3, -0.25) is 4.68 Å². The fourth-order valence-corrected chi connectivity index (χ4v) is 4.51. The van der Waals surface area contributed by atoms with Gasteiger partial charge in [0.2, 0.25) is 0 Å².